The molecule has 5 heteroatoms. The van der Waals surface area contributed by atoms with Crippen molar-refractivity contribution in [1.82, 2.24) is 9.88 Å². The van der Waals surface area contributed by atoms with Gasteiger partial charge in [0, 0.05) is 49.0 Å². The highest BCUT2D eigenvalue weighted by Crippen LogP contribution is 2.25. The first-order chi connectivity index (χ1) is 12.5. The highest BCUT2D eigenvalue weighted by atomic mass is 19.1. The molecule has 0 atom stereocenters. The molecule has 1 saturated heterocycles. The van der Waals surface area contributed by atoms with Crippen molar-refractivity contribution in [3.05, 3.63) is 65.1 Å². The molecule has 0 saturated carbocycles. The van der Waals surface area contributed by atoms with E-state index in [-0.39, 0.29) is 11.7 Å². The Kier molecular flexibility index (Phi) is 4.15. The molecular formula is C21H22FN3O. The largest absolute Gasteiger partial charge is 0.368 e. The number of carbonyl (C=O) groups excluding carboxylic acids is 1. The number of rotatable bonds is 2. The number of fused-ring (bicyclic) bond motifs is 1. The van der Waals surface area contributed by atoms with E-state index in [2.05, 4.69) is 41.9 Å². The molecule has 1 aliphatic rings. The Balaban J connectivity index is 1.50. The van der Waals surface area contributed by atoms with Crippen molar-refractivity contribution in [2.75, 3.05) is 31.1 Å². The summed E-state index contributed by atoms with van der Waals surface area (Å²) in [7, 11) is 0. The molecule has 26 heavy (non-hydrogen) atoms. The van der Waals surface area contributed by atoms with Gasteiger partial charge in [-0.3, -0.25) is 4.79 Å². The smallest absolute Gasteiger partial charge is 0.256 e. The molecule has 0 bridgehead atoms. The summed E-state index contributed by atoms with van der Waals surface area (Å²) in [6.45, 7) is 7.26. The quantitative estimate of drug-likeness (QED) is 0.761. The number of carbonyl (C=O) groups is 1. The Morgan fingerprint density at radius 1 is 1.08 bits per heavy atom. The predicted octanol–water partition coefficient (Wildman–Crippen LogP) is 3.89. The van der Waals surface area contributed by atoms with E-state index in [1.54, 1.807) is 12.3 Å². The first-order valence-electron chi connectivity index (χ1n) is 8.91. The van der Waals surface area contributed by atoms with Crippen LogP contribution in [0, 0.1) is 19.7 Å². The standard InChI is InChI=1S/C21H22FN3O/c1-14-4-3-5-20(15(14)2)24-8-10-25(11-9-24)21(26)18-13-23-19-12-16(22)6-7-17(18)19/h3-7,12-13,23H,8-11H2,1-2H3. The van der Waals surface area contributed by atoms with Crippen LogP contribution in [0.1, 0.15) is 21.5 Å². The van der Waals surface area contributed by atoms with Gasteiger partial charge in [0.05, 0.1) is 5.56 Å². The molecule has 4 rings (SSSR count). The molecule has 1 fully saturated rings. The molecule has 134 valence electrons. The number of nitrogens with one attached hydrogen (secondary N) is 1. The molecule has 1 aromatic heterocycles. The van der Waals surface area contributed by atoms with Crippen LogP contribution >= 0.6 is 0 Å². The van der Waals surface area contributed by atoms with Gasteiger partial charge in [0.1, 0.15) is 5.82 Å². The minimum atomic E-state index is -0.305. The van der Waals surface area contributed by atoms with Crippen molar-refractivity contribution in [2.24, 2.45) is 0 Å². The third-order valence-electron chi connectivity index (χ3n) is 5.36. The van der Waals surface area contributed by atoms with Gasteiger partial charge in [0.15, 0.2) is 0 Å². The number of piperazine rings is 1. The van der Waals surface area contributed by atoms with Crippen molar-refractivity contribution in [3.8, 4) is 0 Å². The van der Waals surface area contributed by atoms with Crippen LogP contribution in [0.25, 0.3) is 10.9 Å². The molecule has 2 aromatic carbocycles. The zero-order valence-electron chi connectivity index (χ0n) is 15.1. The SMILES string of the molecule is Cc1cccc(N2CCN(C(=O)c3c[nH]c4cc(F)ccc34)CC2)c1C. The molecule has 3 aromatic rings. The number of amides is 1. The summed E-state index contributed by atoms with van der Waals surface area (Å²) >= 11 is 0. The van der Waals surface area contributed by atoms with Gasteiger partial charge in [0.25, 0.3) is 5.91 Å². The van der Waals surface area contributed by atoms with Crippen LogP contribution in [0.3, 0.4) is 0 Å². The average Bonchev–Trinajstić information content (AvgIpc) is 3.06. The maximum Gasteiger partial charge on any atom is 0.256 e. The number of aromatic nitrogens is 1. The number of H-pyrrole nitrogens is 1. The van der Waals surface area contributed by atoms with Gasteiger partial charge in [-0.15, -0.1) is 0 Å². The Hall–Kier alpha value is -2.82. The van der Waals surface area contributed by atoms with Crippen LogP contribution in [0.2, 0.25) is 0 Å². The van der Waals surface area contributed by atoms with E-state index >= 15 is 0 Å². The summed E-state index contributed by atoms with van der Waals surface area (Å²) in [6, 6.07) is 10.8. The Bertz CT molecular complexity index is 971. The number of nitrogens with zero attached hydrogens (tertiary/aromatic N) is 2. The second-order valence-electron chi connectivity index (χ2n) is 6.89. The van der Waals surface area contributed by atoms with Gasteiger partial charge in [-0.05, 0) is 49.2 Å². The summed E-state index contributed by atoms with van der Waals surface area (Å²) in [4.78, 5) is 20.1. The molecule has 0 unspecified atom stereocenters. The maximum absolute atomic E-state index is 13.3. The lowest BCUT2D eigenvalue weighted by atomic mass is 10.1. The van der Waals surface area contributed by atoms with Crippen molar-refractivity contribution in [2.45, 2.75) is 13.8 Å². The Morgan fingerprint density at radius 2 is 1.85 bits per heavy atom. The second kappa shape index (κ2) is 6.48. The summed E-state index contributed by atoms with van der Waals surface area (Å²) in [5.74, 6) is -0.302. The fourth-order valence-corrected chi connectivity index (χ4v) is 3.67. The van der Waals surface area contributed by atoms with E-state index in [0.717, 1.165) is 18.5 Å². The van der Waals surface area contributed by atoms with Gasteiger partial charge in [-0.25, -0.2) is 4.39 Å². The molecule has 1 aliphatic heterocycles. The lowest BCUT2D eigenvalue weighted by molar-refractivity contribution is 0.0749. The fourth-order valence-electron chi connectivity index (χ4n) is 3.67. The minimum absolute atomic E-state index is 0.00322. The number of halogens is 1. The van der Waals surface area contributed by atoms with Crippen LogP contribution in [-0.2, 0) is 0 Å². The number of hydrogen-bond donors (Lipinski definition) is 1. The van der Waals surface area contributed by atoms with Crippen molar-refractivity contribution in [3.63, 3.8) is 0 Å². The van der Waals surface area contributed by atoms with E-state index in [1.807, 2.05) is 4.90 Å². The second-order valence-corrected chi connectivity index (χ2v) is 6.89. The molecule has 0 spiro atoms. The molecule has 1 N–H and O–H groups in total. The van der Waals surface area contributed by atoms with Crippen molar-refractivity contribution < 1.29 is 9.18 Å². The molecule has 2 heterocycles. The lowest BCUT2D eigenvalue weighted by Gasteiger charge is -2.37. The first kappa shape index (κ1) is 16.6. The third kappa shape index (κ3) is 2.83. The predicted molar refractivity (Wildman–Crippen MR) is 102 cm³/mol. The van der Waals surface area contributed by atoms with Gasteiger partial charge in [0.2, 0.25) is 0 Å². The first-order valence-corrected chi connectivity index (χ1v) is 8.91. The number of aryl methyl sites for hydroxylation is 1. The Morgan fingerprint density at radius 3 is 2.62 bits per heavy atom. The molecule has 1 amide bonds. The van der Waals surface area contributed by atoms with E-state index < -0.39 is 0 Å². The summed E-state index contributed by atoms with van der Waals surface area (Å²) < 4.78 is 13.3. The fraction of sp³-hybridized carbons (Fsp3) is 0.286. The van der Waals surface area contributed by atoms with Gasteiger partial charge in [-0.1, -0.05) is 12.1 Å². The Labute approximate surface area is 152 Å². The van der Waals surface area contributed by atoms with Crippen LogP contribution in [-0.4, -0.2) is 42.0 Å². The highest BCUT2D eigenvalue weighted by Gasteiger charge is 2.25. The van der Waals surface area contributed by atoms with Crippen molar-refractivity contribution in [1.29, 1.82) is 0 Å². The van der Waals surface area contributed by atoms with E-state index in [9.17, 15) is 9.18 Å². The van der Waals surface area contributed by atoms with Gasteiger partial charge >= 0.3 is 0 Å². The number of anilines is 1. The third-order valence-corrected chi connectivity index (χ3v) is 5.36. The van der Waals surface area contributed by atoms with Crippen LogP contribution in [0.4, 0.5) is 10.1 Å². The van der Waals surface area contributed by atoms with Gasteiger partial charge in [-0.2, -0.15) is 0 Å². The highest BCUT2D eigenvalue weighted by molar-refractivity contribution is 6.06. The molecular weight excluding hydrogens is 329 g/mol. The maximum atomic E-state index is 13.3. The topological polar surface area (TPSA) is 39.3 Å². The molecule has 0 aliphatic carbocycles. The number of aromatic amines is 1. The molecule has 0 radical (unpaired) electrons. The van der Waals surface area contributed by atoms with E-state index in [4.69, 9.17) is 0 Å². The monoisotopic (exact) mass is 351 g/mol. The van der Waals surface area contributed by atoms with E-state index in [0.29, 0.717) is 24.2 Å². The summed E-state index contributed by atoms with van der Waals surface area (Å²) in [5.41, 5.74) is 5.10. The van der Waals surface area contributed by atoms with Crippen LogP contribution in [0.5, 0.6) is 0 Å². The number of benzene rings is 2. The average molecular weight is 351 g/mol. The normalized spacial score (nSPS) is 14.9. The van der Waals surface area contributed by atoms with Crippen LogP contribution in [0.15, 0.2) is 42.6 Å². The summed E-state index contributed by atoms with van der Waals surface area (Å²) in [6.07, 6.45) is 1.68. The van der Waals surface area contributed by atoms with Crippen molar-refractivity contribution >= 4 is 22.5 Å². The van der Waals surface area contributed by atoms with Gasteiger partial charge < -0.3 is 14.8 Å². The lowest BCUT2D eigenvalue weighted by Crippen LogP contribution is -2.49. The van der Waals surface area contributed by atoms with E-state index in [1.165, 1.54) is 28.9 Å². The summed E-state index contributed by atoms with van der Waals surface area (Å²) in [5, 5.41) is 0.772. The number of hydrogen-bond acceptors (Lipinski definition) is 2. The molecule has 4 nitrogen and oxygen atoms in total. The zero-order valence-corrected chi connectivity index (χ0v) is 15.1. The zero-order chi connectivity index (χ0) is 18.3. The minimum Gasteiger partial charge on any atom is -0.368 e. The van der Waals surface area contributed by atoms with Crippen LogP contribution < -0.4 is 4.90 Å².